The third kappa shape index (κ3) is 5.83. The minimum Gasteiger partial charge on any atom is -0.481 e. The lowest BCUT2D eigenvalue weighted by Crippen LogP contribution is -2.54. The van der Waals surface area contributed by atoms with Crippen molar-refractivity contribution in [2.24, 2.45) is 5.41 Å². The number of nitrogens with one attached hydrogen (secondary N) is 2. The molecule has 8 nitrogen and oxygen atoms in total. The van der Waals surface area contributed by atoms with Crippen molar-refractivity contribution in [2.75, 3.05) is 33.4 Å². The molecule has 27 heavy (non-hydrogen) atoms. The van der Waals surface area contributed by atoms with Crippen LogP contribution in [0.25, 0.3) is 0 Å². The Kier molecular flexibility index (Phi) is 7.44. The molecule has 1 saturated heterocycles. The van der Waals surface area contributed by atoms with E-state index in [0.717, 1.165) is 5.56 Å². The number of ether oxygens (including phenoxy) is 1. The summed E-state index contributed by atoms with van der Waals surface area (Å²) in [6, 6.07) is 6.57. The molecule has 1 heterocycles. The molecule has 1 aliphatic rings. The van der Waals surface area contributed by atoms with Crippen molar-refractivity contribution in [3.8, 4) is 0 Å². The average molecular weight is 398 g/mol. The molecule has 3 N–H and O–H groups in total. The minimum atomic E-state index is -1.10. The first-order valence-electron chi connectivity index (χ1n) is 8.62. The molecule has 1 unspecified atom stereocenters. The maximum atomic E-state index is 12.4. The summed E-state index contributed by atoms with van der Waals surface area (Å²) in [5.41, 5.74) is -0.220. The second kappa shape index (κ2) is 9.57. The molecule has 0 radical (unpaired) electrons. The van der Waals surface area contributed by atoms with Crippen LogP contribution in [0.2, 0.25) is 5.02 Å². The summed E-state index contributed by atoms with van der Waals surface area (Å²) in [5.74, 6) is -1.30. The molecule has 2 rings (SSSR count). The van der Waals surface area contributed by atoms with Crippen LogP contribution < -0.4 is 10.6 Å². The van der Waals surface area contributed by atoms with Gasteiger partial charge in [0.1, 0.15) is 5.41 Å². The summed E-state index contributed by atoms with van der Waals surface area (Å²) in [4.78, 5) is 37.3. The van der Waals surface area contributed by atoms with Crippen molar-refractivity contribution >= 4 is 29.5 Å². The number of likely N-dealkylation sites (tertiary alicyclic amines) is 1. The third-order valence-corrected chi connectivity index (χ3v) is 4.82. The highest BCUT2D eigenvalue weighted by Gasteiger charge is 2.43. The Hall–Kier alpha value is -2.32. The van der Waals surface area contributed by atoms with Crippen LogP contribution in [0.5, 0.6) is 0 Å². The summed E-state index contributed by atoms with van der Waals surface area (Å²) >= 11 is 5.81. The smallest absolute Gasteiger partial charge is 0.315 e. The molecule has 9 heteroatoms. The van der Waals surface area contributed by atoms with Crippen LogP contribution in [0, 0.1) is 5.41 Å². The summed E-state index contributed by atoms with van der Waals surface area (Å²) in [6.45, 7) is 0.682. The van der Waals surface area contributed by atoms with Gasteiger partial charge in [-0.15, -0.1) is 0 Å². The number of carboxylic acid groups (broad SMARTS) is 1. The van der Waals surface area contributed by atoms with Crippen LogP contribution in [-0.2, 0) is 20.9 Å². The van der Waals surface area contributed by atoms with E-state index in [1.54, 1.807) is 24.3 Å². The zero-order valence-electron chi connectivity index (χ0n) is 15.2. The summed E-state index contributed by atoms with van der Waals surface area (Å²) in [5, 5.41) is 15.3. The van der Waals surface area contributed by atoms with E-state index >= 15 is 0 Å². The normalized spacial score (nSPS) is 19.4. The fourth-order valence-corrected chi connectivity index (χ4v) is 3.22. The highest BCUT2D eigenvalue weighted by atomic mass is 35.5. The third-order valence-electron chi connectivity index (χ3n) is 4.57. The first-order valence-corrected chi connectivity index (χ1v) is 9.00. The maximum absolute atomic E-state index is 12.4. The number of hydrogen-bond acceptors (Lipinski definition) is 4. The van der Waals surface area contributed by atoms with E-state index < -0.39 is 17.4 Å². The summed E-state index contributed by atoms with van der Waals surface area (Å²) in [7, 11) is 1.44. The summed E-state index contributed by atoms with van der Waals surface area (Å²) in [6.07, 6.45) is 1.03. The van der Waals surface area contributed by atoms with Crippen molar-refractivity contribution in [3.63, 3.8) is 0 Å². The quantitative estimate of drug-likeness (QED) is 0.645. The number of methoxy groups -OCH3 is 1. The molecule has 1 aromatic carbocycles. The van der Waals surface area contributed by atoms with Gasteiger partial charge < -0.3 is 25.4 Å². The van der Waals surface area contributed by atoms with Crippen LogP contribution in [0.4, 0.5) is 4.79 Å². The Bertz CT molecular complexity index is 678. The fraction of sp³-hybridized carbons (Fsp3) is 0.500. The lowest BCUT2D eigenvalue weighted by molar-refractivity contribution is -0.158. The van der Waals surface area contributed by atoms with Crippen LogP contribution in [-0.4, -0.2) is 61.3 Å². The Morgan fingerprint density at radius 1 is 1.26 bits per heavy atom. The van der Waals surface area contributed by atoms with Crippen molar-refractivity contribution in [1.82, 2.24) is 15.5 Å². The Morgan fingerprint density at radius 2 is 1.96 bits per heavy atom. The number of carbonyl (C=O) groups is 3. The van der Waals surface area contributed by atoms with E-state index in [-0.39, 0.29) is 25.6 Å². The Morgan fingerprint density at radius 3 is 2.59 bits per heavy atom. The standard InChI is InChI=1S/C18H24ClN3O5/c1-27-12-18(16(24)25)7-2-8-22(11-18)15(23)10-21-17(26)20-9-13-3-5-14(19)6-4-13/h3-6H,2,7-12H2,1H3,(H,24,25)(H2,20,21,26). The lowest BCUT2D eigenvalue weighted by atomic mass is 9.80. The maximum Gasteiger partial charge on any atom is 0.315 e. The van der Waals surface area contributed by atoms with Crippen LogP contribution in [0.15, 0.2) is 24.3 Å². The molecule has 0 bridgehead atoms. The van der Waals surface area contributed by atoms with Crippen molar-refractivity contribution in [1.29, 1.82) is 0 Å². The van der Waals surface area contributed by atoms with Gasteiger partial charge in [-0.3, -0.25) is 9.59 Å². The number of carbonyl (C=O) groups excluding carboxylic acids is 2. The Balaban J connectivity index is 1.81. The van der Waals surface area contributed by atoms with Gasteiger partial charge in [-0.2, -0.15) is 0 Å². The van der Waals surface area contributed by atoms with E-state index in [0.29, 0.717) is 31.0 Å². The van der Waals surface area contributed by atoms with E-state index in [2.05, 4.69) is 10.6 Å². The number of hydrogen-bond donors (Lipinski definition) is 3. The second-order valence-electron chi connectivity index (χ2n) is 6.60. The number of benzene rings is 1. The SMILES string of the molecule is COCC1(C(=O)O)CCCN(C(=O)CNC(=O)NCc2ccc(Cl)cc2)C1. The first kappa shape index (κ1) is 21.0. The number of urea groups is 1. The monoisotopic (exact) mass is 397 g/mol. The number of piperidine rings is 1. The van der Waals surface area contributed by atoms with E-state index in [1.807, 2.05) is 0 Å². The van der Waals surface area contributed by atoms with E-state index in [9.17, 15) is 19.5 Å². The predicted molar refractivity (Wildman–Crippen MR) is 99.4 cm³/mol. The van der Waals surface area contributed by atoms with Gasteiger partial charge in [-0.1, -0.05) is 23.7 Å². The first-order chi connectivity index (χ1) is 12.9. The molecule has 1 atom stereocenters. The second-order valence-corrected chi connectivity index (χ2v) is 7.04. The minimum absolute atomic E-state index is 0.0428. The van der Waals surface area contributed by atoms with Gasteiger partial charge >= 0.3 is 12.0 Å². The van der Waals surface area contributed by atoms with Crippen molar-refractivity contribution < 1.29 is 24.2 Å². The number of rotatable bonds is 7. The molecule has 3 amide bonds. The van der Waals surface area contributed by atoms with Gasteiger partial charge in [0.05, 0.1) is 13.2 Å². The number of nitrogens with zero attached hydrogens (tertiary/aromatic N) is 1. The number of halogens is 1. The lowest BCUT2D eigenvalue weighted by Gasteiger charge is -2.39. The van der Waals surface area contributed by atoms with E-state index in [1.165, 1.54) is 12.0 Å². The molecule has 0 aliphatic carbocycles. The molecule has 1 fully saturated rings. The predicted octanol–water partition coefficient (Wildman–Crippen LogP) is 1.48. The molecule has 1 aromatic rings. The van der Waals surface area contributed by atoms with Gasteiger partial charge in [-0.05, 0) is 30.5 Å². The van der Waals surface area contributed by atoms with Gasteiger partial charge in [0.15, 0.2) is 0 Å². The molecular formula is C18H24ClN3O5. The van der Waals surface area contributed by atoms with Gasteiger partial charge in [-0.25, -0.2) is 4.79 Å². The zero-order chi connectivity index (χ0) is 19.9. The van der Waals surface area contributed by atoms with Gasteiger partial charge in [0.25, 0.3) is 0 Å². The van der Waals surface area contributed by atoms with Crippen LogP contribution in [0.1, 0.15) is 18.4 Å². The average Bonchev–Trinajstić information content (AvgIpc) is 2.66. The summed E-state index contributed by atoms with van der Waals surface area (Å²) < 4.78 is 5.05. The largest absolute Gasteiger partial charge is 0.481 e. The van der Waals surface area contributed by atoms with Crippen LogP contribution in [0.3, 0.4) is 0 Å². The number of carboxylic acids is 1. The highest BCUT2D eigenvalue weighted by Crippen LogP contribution is 2.30. The molecule has 1 aliphatic heterocycles. The molecule has 0 saturated carbocycles. The topological polar surface area (TPSA) is 108 Å². The molecule has 148 valence electrons. The van der Waals surface area contributed by atoms with E-state index in [4.69, 9.17) is 16.3 Å². The zero-order valence-corrected chi connectivity index (χ0v) is 15.9. The van der Waals surface area contributed by atoms with Gasteiger partial charge in [0.2, 0.25) is 5.91 Å². The van der Waals surface area contributed by atoms with Gasteiger partial charge in [0, 0.05) is 31.8 Å². The highest BCUT2D eigenvalue weighted by molar-refractivity contribution is 6.30. The number of amides is 3. The fourth-order valence-electron chi connectivity index (χ4n) is 3.09. The molecule has 0 aromatic heterocycles. The Labute approximate surface area is 162 Å². The molecule has 0 spiro atoms. The van der Waals surface area contributed by atoms with Crippen molar-refractivity contribution in [2.45, 2.75) is 19.4 Å². The van der Waals surface area contributed by atoms with Crippen molar-refractivity contribution in [3.05, 3.63) is 34.9 Å². The molecular weight excluding hydrogens is 374 g/mol. The number of aliphatic carboxylic acids is 1. The van der Waals surface area contributed by atoms with Crippen LogP contribution >= 0.6 is 11.6 Å².